The van der Waals surface area contributed by atoms with E-state index in [1.54, 1.807) is 18.5 Å². The van der Waals surface area contributed by atoms with Crippen LogP contribution in [0.2, 0.25) is 5.02 Å². The van der Waals surface area contributed by atoms with E-state index in [-0.39, 0.29) is 6.04 Å². The summed E-state index contributed by atoms with van der Waals surface area (Å²) in [4.78, 5) is 16.2. The molecule has 1 fully saturated rings. The van der Waals surface area contributed by atoms with Crippen LogP contribution in [-0.4, -0.2) is 11.1 Å². The van der Waals surface area contributed by atoms with Gasteiger partial charge < -0.3 is 10.1 Å². The number of amides is 1. The van der Waals surface area contributed by atoms with Crippen molar-refractivity contribution in [3.8, 4) is 11.8 Å². The van der Waals surface area contributed by atoms with E-state index in [1.807, 2.05) is 54.6 Å². The number of cyclic esters (lactones) is 1. The molecule has 1 aliphatic heterocycles. The number of rotatable bonds is 2. The number of pyridine rings is 1. The van der Waals surface area contributed by atoms with Crippen molar-refractivity contribution >= 4 is 17.7 Å². The number of hydrogen-bond acceptors (Lipinski definition) is 3. The zero-order chi connectivity index (χ0) is 18.6. The van der Waals surface area contributed by atoms with E-state index < -0.39 is 12.2 Å². The summed E-state index contributed by atoms with van der Waals surface area (Å²) in [5.41, 5.74) is 3.25. The van der Waals surface area contributed by atoms with Crippen LogP contribution in [0, 0.1) is 11.8 Å². The summed E-state index contributed by atoms with van der Waals surface area (Å²) in [6.45, 7) is 0. The summed E-state index contributed by atoms with van der Waals surface area (Å²) >= 11 is 6.30. The van der Waals surface area contributed by atoms with Crippen LogP contribution in [0.25, 0.3) is 0 Å². The maximum atomic E-state index is 11.9. The van der Waals surface area contributed by atoms with E-state index in [1.165, 1.54) is 0 Å². The molecule has 0 spiro atoms. The molecule has 1 amide bonds. The quantitative estimate of drug-likeness (QED) is 0.664. The molecule has 0 bridgehead atoms. The number of alkyl carbamates (subject to hydrolysis) is 1. The number of nitrogens with zero attached hydrogens (tertiary/aromatic N) is 1. The lowest BCUT2D eigenvalue weighted by molar-refractivity contribution is 0.132. The number of hydrogen-bond donors (Lipinski definition) is 1. The van der Waals surface area contributed by atoms with E-state index in [4.69, 9.17) is 16.3 Å². The first kappa shape index (κ1) is 17.1. The van der Waals surface area contributed by atoms with Crippen molar-refractivity contribution in [1.82, 2.24) is 10.3 Å². The van der Waals surface area contributed by atoms with Crippen LogP contribution in [0.1, 0.15) is 34.4 Å². The third-order valence-corrected chi connectivity index (χ3v) is 4.61. The molecule has 1 aliphatic rings. The Morgan fingerprint density at radius 3 is 2.52 bits per heavy atom. The SMILES string of the molecule is O=C1N[C@H](c2cncc(C#Cc3ccccc3)c2)[C@@H](c2ccccc2Cl)O1. The molecular formula is C22H15ClN2O2. The molecule has 2 heterocycles. The lowest BCUT2D eigenvalue weighted by atomic mass is 9.97. The van der Waals surface area contributed by atoms with Crippen molar-refractivity contribution in [3.63, 3.8) is 0 Å². The lowest BCUT2D eigenvalue weighted by Gasteiger charge is -2.18. The average molecular weight is 375 g/mol. The van der Waals surface area contributed by atoms with Gasteiger partial charge >= 0.3 is 6.09 Å². The number of aromatic nitrogens is 1. The van der Waals surface area contributed by atoms with Gasteiger partial charge in [-0.2, -0.15) is 0 Å². The van der Waals surface area contributed by atoms with Crippen LogP contribution in [0.3, 0.4) is 0 Å². The molecule has 1 N–H and O–H groups in total. The molecule has 4 rings (SSSR count). The summed E-state index contributed by atoms with van der Waals surface area (Å²) in [6, 6.07) is 18.6. The van der Waals surface area contributed by atoms with Crippen LogP contribution < -0.4 is 5.32 Å². The molecule has 0 aliphatic carbocycles. The highest BCUT2D eigenvalue weighted by Crippen LogP contribution is 2.39. The van der Waals surface area contributed by atoms with Gasteiger partial charge in [0.15, 0.2) is 6.10 Å². The fourth-order valence-corrected chi connectivity index (χ4v) is 3.23. The number of nitrogens with one attached hydrogen (secondary N) is 1. The fourth-order valence-electron chi connectivity index (χ4n) is 2.99. The molecule has 0 unspecified atom stereocenters. The van der Waals surface area contributed by atoms with Gasteiger partial charge in [-0.25, -0.2) is 4.79 Å². The Morgan fingerprint density at radius 2 is 1.70 bits per heavy atom. The maximum Gasteiger partial charge on any atom is 0.408 e. The molecule has 3 aromatic rings. The molecule has 4 nitrogen and oxygen atoms in total. The first-order valence-corrected chi connectivity index (χ1v) is 8.82. The lowest BCUT2D eigenvalue weighted by Crippen LogP contribution is -2.20. The standard InChI is InChI=1S/C22H15ClN2O2/c23-19-9-5-4-8-18(19)21-20(25-22(26)27-21)17-12-16(13-24-14-17)11-10-15-6-2-1-3-7-15/h1-9,12-14,20-21H,(H,25,26)/t20-,21-/m1/s1. The second kappa shape index (κ2) is 7.53. The highest BCUT2D eigenvalue weighted by Gasteiger charge is 2.37. The van der Waals surface area contributed by atoms with Crippen molar-refractivity contribution in [2.24, 2.45) is 0 Å². The van der Waals surface area contributed by atoms with Crippen LogP contribution >= 0.6 is 11.6 Å². The van der Waals surface area contributed by atoms with E-state index in [9.17, 15) is 4.79 Å². The molecule has 5 heteroatoms. The zero-order valence-electron chi connectivity index (χ0n) is 14.2. The second-order valence-electron chi connectivity index (χ2n) is 6.09. The van der Waals surface area contributed by atoms with Gasteiger partial charge in [-0.05, 0) is 29.8 Å². The van der Waals surface area contributed by atoms with Crippen molar-refractivity contribution < 1.29 is 9.53 Å². The van der Waals surface area contributed by atoms with Crippen molar-refractivity contribution in [1.29, 1.82) is 0 Å². The minimum atomic E-state index is -0.523. The fraction of sp³-hybridized carbons (Fsp3) is 0.0909. The summed E-state index contributed by atoms with van der Waals surface area (Å²) in [7, 11) is 0. The smallest absolute Gasteiger partial charge is 0.408 e. The highest BCUT2D eigenvalue weighted by atomic mass is 35.5. The van der Waals surface area contributed by atoms with Crippen LogP contribution in [0.4, 0.5) is 4.79 Å². The van der Waals surface area contributed by atoms with Crippen LogP contribution in [-0.2, 0) is 4.74 Å². The number of halogens is 1. The number of benzene rings is 2. The Morgan fingerprint density at radius 1 is 0.963 bits per heavy atom. The van der Waals surface area contributed by atoms with E-state index in [2.05, 4.69) is 22.1 Å². The summed E-state index contributed by atoms with van der Waals surface area (Å²) < 4.78 is 5.47. The van der Waals surface area contributed by atoms with E-state index >= 15 is 0 Å². The Bertz CT molecular complexity index is 1040. The normalized spacial score (nSPS) is 18.2. The van der Waals surface area contributed by atoms with Crippen LogP contribution in [0.15, 0.2) is 73.1 Å². The molecule has 1 aromatic heterocycles. The minimum absolute atomic E-state index is 0.386. The van der Waals surface area contributed by atoms with Gasteiger partial charge in [0, 0.05) is 34.1 Å². The van der Waals surface area contributed by atoms with Crippen molar-refractivity contribution in [3.05, 3.63) is 100 Å². The first-order valence-electron chi connectivity index (χ1n) is 8.44. The molecule has 132 valence electrons. The monoisotopic (exact) mass is 374 g/mol. The molecule has 1 saturated heterocycles. The molecule has 2 aromatic carbocycles. The predicted octanol–water partition coefficient (Wildman–Crippen LogP) is 4.66. The highest BCUT2D eigenvalue weighted by molar-refractivity contribution is 6.31. The van der Waals surface area contributed by atoms with E-state index in [0.717, 1.165) is 22.3 Å². The third-order valence-electron chi connectivity index (χ3n) is 4.27. The number of carbonyl (C=O) groups excluding carboxylic acids is 1. The molecule has 27 heavy (non-hydrogen) atoms. The largest absolute Gasteiger partial charge is 0.439 e. The topological polar surface area (TPSA) is 51.2 Å². The van der Waals surface area contributed by atoms with E-state index in [0.29, 0.717) is 5.02 Å². The summed E-state index contributed by atoms with van der Waals surface area (Å²) in [5.74, 6) is 6.22. The van der Waals surface area contributed by atoms with Gasteiger partial charge in [0.25, 0.3) is 0 Å². The first-order chi connectivity index (χ1) is 13.2. The third kappa shape index (κ3) is 3.79. The Hall–Kier alpha value is -3.29. The maximum absolute atomic E-state index is 11.9. The Balaban J connectivity index is 1.65. The predicted molar refractivity (Wildman–Crippen MR) is 103 cm³/mol. The van der Waals surface area contributed by atoms with Gasteiger partial charge in [-0.1, -0.05) is 59.8 Å². The van der Waals surface area contributed by atoms with Crippen molar-refractivity contribution in [2.45, 2.75) is 12.1 Å². The number of carbonyl (C=O) groups is 1. The van der Waals surface area contributed by atoms with Gasteiger partial charge in [-0.15, -0.1) is 0 Å². The Labute approximate surface area is 162 Å². The average Bonchev–Trinajstić information content (AvgIpc) is 3.09. The van der Waals surface area contributed by atoms with Gasteiger partial charge in [0.2, 0.25) is 0 Å². The molecule has 0 radical (unpaired) electrons. The molecular weight excluding hydrogens is 360 g/mol. The van der Waals surface area contributed by atoms with Gasteiger partial charge in [-0.3, -0.25) is 4.98 Å². The Kier molecular flexibility index (Phi) is 4.78. The summed E-state index contributed by atoms with van der Waals surface area (Å²) in [5, 5.41) is 3.39. The number of ether oxygens (including phenoxy) is 1. The van der Waals surface area contributed by atoms with Crippen molar-refractivity contribution in [2.75, 3.05) is 0 Å². The van der Waals surface area contributed by atoms with Crippen LogP contribution in [0.5, 0.6) is 0 Å². The minimum Gasteiger partial charge on any atom is -0.439 e. The summed E-state index contributed by atoms with van der Waals surface area (Å²) in [6.07, 6.45) is 2.40. The molecule has 2 atom stereocenters. The molecule has 0 saturated carbocycles. The zero-order valence-corrected chi connectivity index (χ0v) is 15.0. The van der Waals surface area contributed by atoms with Gasteiger partial charge in [0.1, 0.15) is 6.04 Å². The van der Waals surface area contributed by atoms with Gasteiger partial charge in [0.05, 0.1) is 0 Å². The second-order valence-corrected chi connectivity index (χ2v) is 6.50.